The van der Waals surface area contributed by atoms with Crippen LogP contribution in [0.4, 0.5) is 0 Å². The summed E-state index contributed by atoms with van der Waals surface area (Å²) in [4.78, 5) is 12.3. The summed E-state index contributed by atoms with van der Waals surface area (Å²) in [5, 5.41) is 11.8. The van der Waals surface area contributed by atoms with Gasteiger partial charge in [0.15, 0.2) is 0 Å². The fraction of sp³-hybridized carbons (Fsp3) is 0.471. The molecule has 0 atom stereocenters. The molecule has 0 aliphatic rings. The van der Waals surface area contributed by atoms with E-state index in [0.29, 0.717) is 23.6 Å². The van der Waals surface area contributed by atoms with Gasteiger partial charge in [0.05, 0.1) is 5.56 Å². The molecular formula is C17H23NO2. The van der Waals surface area contributed by atoms with E-state index in [1.54, 1.807) is 0 Å². The molecule has 1 rings (SSSR count). The van der Waals surface area contributed by atoms with Gasteiger partial charge in [0.25, 0.3) is 5.91 Å². The van der Waals surface area contributed by atoms with Crippen LogP contribution < -0.4 is 5.32 Å². The molecule has 0 heterocycles. The third kappa shape index (κ3) is 4.71. The minimum absolute atomic E-state index is 0.0946. The summed E-state index contributed by atoms with van der Waals surface area (Å²) in [5.41, 5.74) is 2.26. The molecule has 0 radical (unpaired) electrons. The van der Waals surface area contributed by atoms with Crippen molar-refractivity contribution in [2.75, 3.05) is 13.2 Å². The van der Waals surface area contributed by atoms with Crippen molar-refractivity contribution in [3.05, 3.63) is 34.9 Å². The Morgan fingerprint density at radius 2 is 2.05 bits per heavy atom. The summed E-state index contributed by atoms with van der Waals surface area (Å²) in [6.07, 6.45) is 2.11. The Balaban J connectivity index is 2.88. The number of hydrogen-bond donors (Lipinski definition) is 2. The Morgan fingerprint density at radius 1 is 1.35 bits per heavy atom. The molecule has 0 spiro atoms. The number of aryl methyl sites for hydroxylation is 1. The third-order valence-corrected chi connectivity index (χ3v) is 3.43. The summed E-state index contributed by atoms with van der Waals surface area (Å²) in [6, 6.07) is 5.58. The summed E-state index contributed by atoms with van der Waals surface area (Å²) >= 11 is 0. The second kappa shape index (κ2) is 8.39. The van der Waals surface area contributed by atoms with Crippen molar-refractivity contribution in [1.29, 1.82) is 0 Å². The van der Waals surface area contributed by atoms with E-state index in [1.165, 1.54) is 0 Å². The van der Waals surface area contributed by atoms with E-state index in [2.05, 4.69) is 31.0 Å². The van der Waals surface area contributed by atoms with E-state index >= 15 is 0 Å². The molecule has 0 fully saturated rings. The molecule has 0 saturated carbocycles. The highest BCUT2D eigenvalue weighted by Gasteiger charge is 2.12. The Morgan fingerprint density at radius 3 is 2.65 bits per heavy atom. The van der Waals surface area contributed by atoms with Crippen LogP contribution in [0.1, 0.15) is 48.2 Å². The van der Waals surface area contributed by atoms with Crippen molar-refractivity contribution in [2.24, 2.45) is 5.92 Å². The smallest absolute Gasteiger partial charge is 0.252 e. The van der Waals surface area contributed by atoms with Crippen molar-refractivity contribution in [3.8, 4) is 11.8 Å². The van der Waals surface area contributed by atoms with Crippen molar-refractivity contribution >= 4 is 5.91 Å². The summed E-state index contributed by atoms with van der Waals surface area (Å²) in [6.45, 7) is 6.69. The fourth-order valence-electron chi connectivity index (χ4n) is 2.00. The molecule has 108 valence electrons. The van der Waals surface area contributed by atoms with E-state index in [0.717, 1.165) is 18.4 Å². The lowest BCUT2D eigenvalue weighted by atomic mass is 10.0. The highest BCUT2D eigenvalue weighted by molar-refractivity contribution is 5.96. The SMILES string of the molecule is CCC(CC)CNC(=O)c1cc(C)ccc1C#CCO. The first kappa shape index (κ1) is 16.3. The number of carbonyl (C=O) groups excluding carboxylic acids is 1. The number of aliphatic hydroxyl groups is 1. The zero-order valence-electron chi connectivity index (χ0n) is 12.5. The van der Waals surface area contributed by atoms with E-state index in [9.17, 15) is 4.79 Å². The predicted octanol–water partition coefficient (Wildman–Crippen LogP) is 2.50. The number of hydrogen-bond acceptors (Lipinski definition) is 2. The number of carbonyl (C=O) groups is 1. The molecule has 0 aromatic heterocycles. The topological polar surface area (TPSA) is 49.3 Å². The van der Waals surface area contributed by atoms with Gasteiger partial charge in [-0.25, -0.2) is 0 Å². The van der Waals surface area contributed by atoms with Gasteiger partial charge in [0, 0.05) is 12.1 Å². The van der Waals surface area contributed by atoms with E-state index in [-0.39, 0.29) is 12.5 Å². The molecular weight excluding hydrogens is 250 g/mol. The largest absolute Gasteiger partial charge is 0.384 e. The van der Waals surface area contributed by atoms with Crippen LogP contribution in [0.3, 0.4) is 0 Å². The van der Waals surface area contributed by atoms with Gasteiger partial charge in [-0.2, -0.15) is 0 Å². The number of nitrogens with one attached hydrogen (secondary N) is 1. The van der Waals surface area contributed by atoms with E-state index in [1.807, 2.05) is 25.1 Å². The Hall–Kier alpha value is -1.79. The molecule has 1 aromatic carbocycles. The molecule has 3 nitrogen and oxygen atoms in total. The van der Waals surface area contributed by atoms with Crippen LogP contribution in [0.5, 0.6) is 0 Å². The standard InChI is InChI=1S/C17H23NO2/c1-4-14(5-2)12-18-17(20)16-11-13(3)8-9-15(16)7-6-10-19/h8-9,11,14,19H,4-5,10,12H2,1-3H3,(H,18,20). The number of benzene rings is 1. The minimum atomic E-state index is -0.206. The van der Waals surface area contributed by atoms with Gasteiger partial charge in [-0.3, -0.25) is 4.79 Å². The van der Waals surface area contributed by atoms with Gasteiger partial charge in [-0.05, 0) is 25.0 Å². The Labute approximate surface area is 121 Å². The van der Waals surface area contributed by atoms with Crippen LogP contribution in [0.25, 0.3) is 0 Å². The number of rotatable bonds is 5. The average Bonchev–Trinajstić information content (AvgIpc) is 2.46. The molecule has 2 N–H and O–H groups in total. The highest BCUT2D eigenvalue weighted by atomic mass is 16.2. The summed E-state index contributed by atoms with van der Waals surface area (Å²) < 4.78 is 0. The molecule has 1 amide bonds. The molecule has 0 aliphatic heterocycles. The zero-order chi connectivity index (χ0) is 15.0. The molecule has 0 saturated heterocycles. The van der Waals surface area contributed by atoms with Crippen LogP contribution in [0, 0.1) is 24.7 Å². The van der Waals surface area contributed by atoms with Crippen LogP contribution >= 0.6 is 0 Å². The number of amides is 1. The van der Waals surface area contributed by atoms with Gasteiger partial charge in [0.1, 0.15) is 6.61 Å². The maximum Gasteiger partial charge on any atom is 0.252 e. The maximum absolute atomic E-state index is 12.3. The monoisotopic (exact) mass is 273 g/mol. The number of aliphatic hydroxyl groups excluding tert-OH is 1. The summed E-state index contributed by atoms with van der Waals surface area (Å²) in [5.74, 6) is 5.83. The van der Waals surface area contributed by atoms with Crippen LogP contribution in [-0.2, 0) is 0 Å². The van der Waals surface area contributed by atoms with Crippen LogP contribution in [-0.4, -0.2) is 24.2 Å². The lowest BCUT2D eigenvalue weighted by Crippen LogP contribution is -2.29. The van der Waals surface area contributed by atoms with E-state index < -0.39 is 0 Å². The molecule has 3 heteroatoms. The third-order valence-electron chi connectivity index (χ3n) is 3.43. The molecule has 1 aromatic rings. The second-order valence-electron chi connectivity index (χ2n) is 4.90. The van der Waals surface area contributed by atoms with Crippen molar-refractivity contribution < 1.29 is 9.90 Å². The van der Waals surface area contributed by atoms with Crippen LogP contribution in [0.2, 0.25) is 0 Å². The first-order valence-corrected chi connectivity index (χ1v) is 7.10. The van der Waals surface area contributed by atoms with Crippen molar-refractivity contribution in [1.82, 2.24) is 5.32 Å². The quantitative estimate of drug-likeness (QED) is 0.810. The van der Waals surface area contributed by atoms with Gasteiger partial charge in [0.2, 0.25) is 0 Å². The second-order valence-corrected chi connectivity index (χ2v) is 4.90. The van der Waals surface area contributed by atoms with E-state index in [4.69, 9.17) is 5.11 Å². The first-order valence-electron chi connectivity index (χ1n) is 7.10. The molecule has 20 heavy (non-hydrogen) atoms. The molecule has 0 unspecified atom stereocenters. The first-order chi connectivity index (χ1) is 9.62. The lowest BCUT2D eigenvalue weighted by molar-refractivity contribution is 0.0946. The fourth-order valence-corrected chi connectivity index (χ4v) is 2.00. The Bertz CT molecular complexity index is 507. The van der Waals surface area contributed by atoms with Gasteiger partial charge < -0.3 is 10.4 Å². The Kier molecular flexibility index (Phi) is 6.83. The zero-order valence-corrected chi connectivity index (χ0v) is 12.5. The lowest BCUT2D eigenvalue weighted by Gasteiger charge is -2.14. The van der Waals surface area contributed by atoms with Gasteiger partial charge in [-0.1, -0.05) is 50.2 Å². The summed E-state index contributed by atoms with van der Waals surface area (Å²) in [7, 11) is 0. The van der Waals surface area contributed by atoms with Gasteiger partial charge in [-0.15, -0.1) is 0 Å². The van der Waals surface area contributed by atoms with Crippen LogP contribution in [0.15, 0.2) is 18.2 Å². The minimum Gasteiger partial charge on any atom is -0.384 e. The van der Waals surface area contributed by atoms with Crippen molar-refractivity contribution in [3.63, 3.8) is 0 Å². The average molecular weight is 273 g/mol. The highest BCUT2D eigenvalue weighted by Crippen LogP contribution is 2.12. The van der Waals surface area contributed by atoms with Gasteiger partial charge >= 0.3 is 0 Å². The maximum atomic E-state index is 12.3. The van der Waals surface area contributed by atoms with Crippen molar-refractivity contribution in [2.45, 2.75) is 33.6 Å². The molecule has 0 bridgehead atoms. The predicted molar refractivity (Wildman–Crippen MR) is 81.5 cm³/mol. The normalized spacial score (nSPS) is 10.1. The molecule has 0 aliphatic carbocycles.